The maximum atomic E-state index is 12.2. The van der Waals surface area contributed by atoms with Crippen molar-refractivity contribution in [1.29, 1.82) is 0 Å². The third kappa shape index (κ3) is 2.35. The second kappa shape index (κ2) is 4.51. The van der Waals surface area contributed by atoms with Gasteiger partial charge in [0.2, 0.25) is 0 Å². The van der Waals surface area contributed by atoms with Gasteiger partial charge in [-0.1, -0.05) is 0 Å². The van der Waals surface area contributed by atoms with Gasteiger partial charge in [-0.2, -0.15) is 30.4 Å². The van der Waals surface area contributed by atoms with Gasteiger partial charge >= 0.3 is 5.69 Å². The second-order valence-electron chi connectivity index (χ2n) is 4.54. The maximum Gasteiger partial charge on any atom is 0.330 e. The average molecular weight is 286 g/mol. The molecule has 2 aromatic heterocycles. The fraction of sp³-hybridized carbons (Fsp3) is 0.500. The van der Waals surface area contributed by atoms with Crippen LogP contribution < -0.4 is 11.2 Å². The van der Waals surface area contributed by atoms with Crippen molar-refractivity contribution in [3.05, 3.63) is 27.0 Å². The molecule has 0 saturated heterocycles. The molecule has 0 aliphatic rings. The first-order valence-corrected chi connectivity index (χ1v) is 6.42. The van der Waals surface area contributed by atoms with Gasteiger partial charge in [-0.05, 0) is 6.92 Å². The van der Waals surface area contributed by atoms with Crippen molar-refractivity contribution in [2.24, 2.45) is 7.05 Å². The van der Waals surface area contributed by atoms with Gasteiger partial charge in [-0.25, -0.2) is 4.79 Å². The molecular weight excluding hydrogens is 272 g/mol. The quantitative estimate of drug-likeness (QED) is 0.698. The van der Waals surface area contributed by atoms with Crippen molar-refractivity contribution in [2.75, 3.05) is 5.75 Å². The Morgan fingerprint density at radius 2 is 2.17 bits per heavy atom. The molecule has 18 heavy (non-hydrogen) atoms. The number of fused-ring (bicyclic) bond motifs is 1. The Bertz CT molecular complexity index is 698. The van der Waals surface area contributed by atoms with Crippen molar-refractivity contribution in [3.8, 4) is 0 Å². The van der Waals surface area contributed by atoms with E-state index in [0.717, 1.165) is 4.57 Å². The SMILES string of the molecule is Cn1cc2c(=O)n(C[C@@](C)(S)CS)c(=O)[nH]c2n1. The summed E-state index contributed by atoms with van der Waals surface area (Å²) in [4.78, 5) is 26.6. The van der Waals surface area contributed by atoms with Gasteiger partial charge in [0.05, 0.1) is 0 Å². The lowest BCUT2D eigenvalue weighted by Gasteiger charge is -2.21. The Morgan fingerprint density at radius 3 is 2.78 bits per heavy atom. The van der Waals surface area contributed by atoms with Crippen molar-refractivity contribution >= 4 is 36.3 Å². The van der Waals surface area contributed by atoms with Crippen LogP contribution in [0.5, 0.6) is 0 Å². The zero-order chi connectivity index (χ0) is 13.5. The minimum Gasteiger partial charge on any atom is -0.290 e. The van der Waals surface area contributed by atoms with Crippen molar-refractivity contribution in [3.63, 3.8) is 0 Å². The summed E-state index contributed by atoms with van der Waals surface area (Å²) in [5.41, 5.74) is -0.535. The molecule has 0 spiro atoms. The smallest absolute Gasteiger partial charge is 0.290 e. The highest BCUT2D eigenvalue weighted by Crippen LogP contribution is 2.16. The normalized spacial score (nSPS) is 14.9. The third-order valence-electron chi connectivity index (χ3n) is 2.61. The van der Waals surface area contributed by atoms with Crippen LogP contribution in [0.2, 0.25) is 0 Å². The number of H-pyrrole nitrogens is 1. The third-order valence-corrected chi connectivity index (χ3v) is 3.86. The van der Waals surface area contributed by atoms with Crippen LogP contribution in [-0.2, 0) is 13.6 Å². The van der Waals surface area contributed by atoms with E-state index >= 15 is 0 Å². The molecule has 0 aliphatic carbocycles. The molecule has 2 aromatic rings. The van der Waals surface area contributed by atoms with Crippen LogP contribution in [0.25, 0.3) is 11.0 Å². The molecule has 2 heterocycles. The molecular formula is C10H14N4O2S2. The van der Waals surface area contributed by atoms with Gasteiger partial charge in [-0.15, -0.1) is 0 Å². The number of thiol groups is 2. The molecule has 0 amide bonds. The highest BCUT2D eigenvalue weighted by atomic mass is 32.1. The molecule has 8 heteroatoms. The lowest BCUT2D eigenvalue weighted by molar-refractivity contribution is 0.544. The van der Waals surface area contributed by atoms with Crippen LogP contribution in [-0.4, -0.2) is 29.8 Å². The highest BCUT2D eigenvalue weighted by Gasteiger charge is 2.21. The summed E-state index contributed by atoms with van der Waals surface area (Å²) in [5.74, 6) is 0.451. The number of aromatic amines is 1. The molecule has 6 nitrogen and oxygen atoms in total. The van der Waals surface area contributed by atoms with E-state index in [9.17, 15) is 9.59 Å². The highest BCUT2D eigenvalue weighted by molar-refractivity contribution is 7.85. The topological polar surface area (TPSA) is 72.7 Å². The lowest BCUT2D eigenvalue weighted by atomic mass is 10.2. The number of aromatic nitrogens is 4. The number of rotatable bonds is 3. The largest absolute Gasteiger partial charge is 0.330 e. The van der Waals surface area contributed by atoms with E-state index < -0.39 is 10.4 Å². The minimum atomic E-state index is -0.532. The molecule has 0 saturated carbocycles. The molecule has 0 aliphatic heterocycles. The number of aryl methyl sites for hydroxylation is 1. The molecule has 0 bridgehead atoms. The standard InChI is InChI=1S/C10H14N4O2S2/c1-10(18,5-17)4-14-8(15)6-3-13(2)12-7(6)11-9(14)16/h3,17-18H,4-5H2,1-2H3,(H,11,12,16)/t10-/m1/s1. The predicted molar refractivity (Wildman–Crippen MR) is 76.8 cm³/mol. The fourth-order valence-electron chi connectivity index (χ4n) is 1.68. The monoisotopic (exact) mass is 286 g/mol. The molecule has 1 N–H and O–H groups in total. The Kier molecular flexibility index (Phi) is 3.33. The molecule has 0 unspecified atom stereocenters. The van der Waals surface area contributed by atoms with Gasteiger partial charge < -0.3 is 0 Å². The number of nitrogens with one attached hydrogen (secondary N) is 1. The Morgan fingerprint density at radius 1 is 1.50 bits per heavy atom. The minimum absolute atomic E-state index is 0.193. The van der Waals surface area contributed by atoms with E-state index in [4.69, 9.17) is 0 Å². The van der Waals surface area contributed by atoms with Gasteiger partial charge in [0.15, 0.2) is 5.65 Å². The van der Waals surface area contributed by atoms with Crippen molar-refractivity contribution in [2.45, 2.75) is 18.2 Å². The summed E-state index contributed by atoms with van der Waals surface area (Å²) in [7, 11) is 1.69. The maximum absolute atomic E-state index is 12.2. The number of nitrogens with zero attached hydrogens (tertiary/aromatic N) is 3. The molecule has 1 atom stereocenters. The molecule has 2 rings (SSSR count). The first kappa shape index (κ1) is 13.3. The second-order valence-corrected chi connectivity index (χ2v) is 5.94. The molecule has 0 fully saturated rings. The number of hydrogen-bond donors (Lipinski definition) is 3. The zero-order valence-corrected chi connectivity index (χ0v) is 11.8. The van der Waals surface area contributed by atoms with Crippen LogP contribution in [0.4, 0.5) is 0 Å². The Hall–Kier alpha value is -1.15. The van der Waals surface area contributed by atoms with Crippen LogP contribution in [0.15, 0.2) is 15.8 Å². The van der Waals surface area contributed by atoms with E-state index in [1.165, 1.54) is 4.68 Å². The van der Waals surface area contributed by atoms with Gasteiger partial charge in [0, 0.05) is 30.3 Å². The average Bonchev–Trinajstić information content (AvgIpc) is 2.65. The van der Waals surface area contributed by atoms with Crippen LogP contribution >= 0.6 is 25.3 Å². The van der Waals surface area contributed by atoms with E-state index in [1.807, 2.05) is 6.92 Å². The van der Waals surface area contributed by atoms with E-state index in [-0.39, 0.29) is 12.1 Å². The first-order valence-electron chi connectivity index (χ1n) is 5.34. The van der Waals surface area contributed by atoms with Crippen LogP contribution in [0.3, 0.4) is 0 Å². The summed E-state index contributed by atoms with van der Waals surface area (Å²) in [6.07, 6.45) is 1.58. The number of hydrogen-bond acceptors (Lipinski definition) is 5. The van der Waals surface area contributed by atoms with Gasteiger partial charge in [0.25, 0.3) is 5.56 Å². The summed E-state index contributed by atoms with van der Waals surface area (Å²) < 4.78 is 2.09. The van der Waals surface area contributed by atoms with E-state index in [2.05, 4.69) is 35.3 Å². The molecule has 0 aromatic carbocycles. The first-order chi connectivity index (χ1) is 8.34. The van der Waals surface area contributed by atoms with E-state index in [0.29, 0.717) is 16.8 Å². The van der Waals surface area contributed by atoms with Crippen molar-refractivity contribution in [1.82, 2.24) is 19.3 Å². The van der Waals surface area contributed by atoms with Crippen molar-refractivity contribution < 1.29 is 0 Å². The summed E-state index contributed by atoms with van der Waals surface area (Å²) in [6.45, 7) is 2.01. The molecule has 98 valence electrons. The Balaban J connectivity index is 2.65. The molecule has 0 radical (unpaired) electrons. The lowest BCUT2D eigenvalue weighted by Crippen LogP contribution is -2.41. The summed E-state index contributed by atoms with van der Waals surface area (Å²) >= 11 is 8.54. The van der Waals surface area contributed by atoms with Gasteiger partial charge in [-0.3, -0.25) is 19.0 Å². The van der Waals surface area contributed by atoms with E-state index in [1.54, 1.807) is 13.2 Å². The summed E-state index contributed by atoms with van der Waals surface area (Å²) in [5, 5.41) is 4.40. The van der Waals surface area contributed by atoms with Crippen LogP contribution in [0, 0.1) is 0 Å². The van der Waals surface area contributed by atoms with Gasteiger partial charge in [0.1, 0.15) is 5.39 Å². The summed E-state index contributed by atoms with van der Waals surface area (Å²) in [6, 6.07) is 0. The van der Waals surface area contributed by atoms with Crippen LogP contribution in [0.1, 0.15) is 6.92 Å². The predicted octanol–water partition coefficient (Wildman–Crippen LogP) is 0.0416. The fourth-order valence-corrected chi connectivity index (χ4v) is 1.92. The zero-order valence-electron chi connectivity index (χ0n) is 10.0. The Labute approximate surface area is 114 Å².